The van der Waals surface area contributed by atoms with Crippen LogP contribution < -0.4 is 11.1 Å². The van der Waals surface area contributed by atoms with Crippen LogP contribution in [-0.4, -0.2) is 16.4 Å². The Labute approximate surface area is 110 Å². The molecule has 0 saturated heterocycles. The maximum atomic E-state index is 10.9. The van der Waals surface area contributed by atoms with E-state index < -0.39 is 16.4 Å². The molecule has 0 aromatic heterocycles. The molecule has 0 fully saturated rings. The molecule has 0 aliphatic rings. The van der Waals surface area contributed by atoms with Crippen molar-refractivity contribution >= 4 is 17.3 Å². The van der Waals surface area contributed by atoms with Gasteiger partial charge in [0.15, 0.2) is 0 Å². The first-order valence-electron chi connectivity index (χ1n) is 5.50. The summed E-state index contributed by atoms with van der Waals surface area (Å²) >= 11 is 0. The first-order valence-corrected chi connectivity index (χ1v) is 5.50. The first-order chi connectivity index (χ1) is 8.75. The maximum absolute atomic E-state index is 10.9. The van der Waals surface area contributed by atoms with E-state index in [1.165, 1.54) is 18.2 Å². The van der Waals surface area contributed by atoms with E-state index >= 15 is 0 Å². The van der Waals surface area contributed by atoms with E-state index in [0.29, 0.717) is 5.69 Å². The third-order valence-corrected chi connectivity index (χ3v) is 2.41. The average Bonchev–Trinajstić information content (AvgIpc) is 2.25. The van der Waals surface area contributed by atoms with Crippen molar-refractivity contribution in [1.82, 2.24) is 0 Å². The van der Waals surface area contributed by atoms with Gasteiger partial charge in [-0.1, -0.05) is 0 Å². The number of amides is 1. The Morgan fingerprint density at radius 2 is 2.21 bits per heavy atom. The van der Waals surface area contributed by atoms with Crippen LogP contribution in [0, 0.1) is 21.4 Å². The molecule has 0 aliphatic heterocycles. The van der Waals surface area contributed by atoms with Crippen molar-refractivity contribution in [2.24, 2.45) is 5.73 Å². The quantitative estimate of drug-likeness (QED) is 0.615. The number of primary amides is 1. The largest absolute Gasteiger partial charge is 0.380 e. The molecule has 7 heteroatoms. The van der Waals surface area contributed by atoms with Crippen LogP contribution in [0.5, 0.6) is 0 Å². The van der Waals surface area contributed by atoms with Gasteiger partial charge in [-0.15, -0.1) is 0 Å². The summed E-state index contributed by atoms with van der Waals surface area (Å²) in [4.78, 5) is 21.0. The van der Waals surface area contributed by atoms with E-state index in [4.69, 9.17) is 11.0 Å². The molecule has 1 aromatic rings. The van der Waals surface area contributed by atoms with Gasteiger partial charge in [0.05, 0.1) is 4.92 Å². The molecule has 0 spiro atoms. The highest BCUT2D eigenvalue weighted by Crippen LogP contribution is 2.24. The van der Waals surface area contributed by atoms with Gasteiger partial charge >= 0.3 is 0 Å². The second kappa shape index (κ2) is 5.35. The molecule has 0 saturated carbocycles. The van der Waals surface area contributed by atoms with Crippen LogP contribution in [0.15, 0.2) is 18.2 Å². The lowest BCUT2D eigenvalue weighted by molar-refractivity contribution is -0.385. The second-order valence-corrected chi connectivity index (χ2v) is 4.75. The highest BCUT2D eigenvalue weighted by atomic mass is 16.6. The zero-order valence-electron chi connectivity index (χ0n) is 10.6. The smallest absolute Gasteiger partial charge is 0.287 e. The van der Waals surface area contributed by atoms with Crippen molar-refractivity contribution < 1.29 is 9.72 Å². The van der Waals surface area contributed by atoms with Gasteiger partial charge in [0, 0.05) is 23.7 Å². The zero-order chi connectivity index (χ0) is 14.6. The molecule has 0 aliphatic carbocycles. The fraction of sp³-hybridized carbons (Fsp3) is 0.333. The third-order valence-electron chi connectivity index (χ3n) is 2.41. The van der Waals surface area contributed by atoms with E-state index in [2.05, 4.69) is 5.32 Å². The lowest BCUT2D eigenvalue weighted by Gasteiger charge is -2.26. The maximum Gasteiger partial charge on any atom is 0.287 e. The van der Waals surface area contributed by atoms with Crippen LogP contribution in [0.4, 0.5) is 11.4 Å². The molecule has 19 heavy (non-hydrogen) atoms. The Balaban J connectivity index is 3.01. The van der Waals surface area contributed by atoms with E-state index in [1.54, 1.807) is 19.9 Å². The Morgan fingerprint density at radius 3 is 2.68 bits per heavy atom. The van der Waals surface area contributed by atoms with Crippen LogP contribution in [0.25, 0.3) is 0 Å². The molecule has 1 rings (SSSR count). The first kappa shape index (κ1) is 14.4. The van der Waals surface area contributed by atoms with Crippen LogP contribution >= 0.6 is 0 Å². The summed E-state index contributed by atoms with van der Waals surface area (Å²) in [6.45, 7) is 3.54. The number of rotatable bonds is 5. The highest BCUT2D eigenvalue weighted by Gasteiger charge is 2.21. The van der Waals surface area contributed by atoms with Crippen molar-refractivity contribution in [3.8, 4) is 6.07 Å². The van der Waals surface area contributed by atoms with E-state index in [1.807, 2.05) is 0 Å². The Bertz CT molecular complexity index is 561. The van der Waals surface area contributed by atoms with Crippen molar-refractivity contribution in [1.29, 1.82) is 5.26 Å². The standard InChI is InChI=1S/C12H14N4O3/c1-12(2,6-11(14)17)15-9-3-4-10(16(18)19)8(5-9)7-13/h3-5,15H,6H2,1-2H3,(H2,14,17). The molecule has 100 valence electrons. The van der Waals surface area contributed by atoms with Crippen molar-refractivity contribution in [3.63, 3.8) is 0 Å². The third kappa shape index (κ3) is 3.96. The van der Waals surface area contributed by atoms with Gasteiger partial charge in [-0.3, -0.25) is 14.9 Å². The number of nitrogens with one attached hydrogen (secondary N) is 1. The molecule has 3 N–H and O–H groups in total. The normalized spacial score (nSPS) is 10.6. The lowest BCUT2D eigenvalue weighted by Crippen LogP contribution is -2.36. The van der Waals surface area contributed by atoms with E-state index in [9.17, 15) is 14.9 Å². The van der Waals surface area contributed by atoms with Gasteiger partial charge < -0.3 is 11.1 Å². The van der Waals surface area contributed by atoms with Crippen molar-refractivity contribution in [3.05, 3.63) is 33.9 Å². The van der Waals surface area contributed by atoms with E-state index in [-0.39, 0.29) is 17.7 Å². The minimum Gasteiger partial charge on any atom is -0.380 e. The molecule has 1 aromatic carbocycles. The number of carbonyl (C=O) groups excluding carboxylic acids is 1. The summed E-state index contributed by atoms with van der Waals surface area (Å²) in [6, 6.07) is 5.89. The molecular formula is C12H14N4O3. The Hall–Kier alpha value is -2.62. The summed E-state index contributed by atoms with van der Waals surface area (Å²) < 4.78 is 0. The van der Waals surface area contributed by atoms with Gasteiger partial charge in [0.25, 0.3) is 5.69 Å². The number of carbonyl (C=O) groups is 1. The van der Waals surface area contributed by atoms with Crippen molar-refractivity contribution in [2.45, 2.75) is 25.8 Å². The van der Waals surface area contributed by atoms with Gasteiger partial charge in [-0.25, -0.2) is 0 Å². The van der Waals surface area contributed by atoms with Crippen LogP contribution in [-0.2, 0) is 4.79 Å². The van der Waals surface area contributed by atoms with Crippen LogP contribution in [0.3, 0.4) is 0 Å². The Morgan fingerprint density at radius 1 is 1.58 bits per heavy atom. The molecule has 7 nitrogen and oxygen atoms in total. The summed E-state index contributed by atoms with van der Waals surface area (Å²) in [5, 5.41) is 22.6. The summed E-state index contributed by atoms with van der Waals surface area (Å²) in [5.74, 6) is -0.458. The molecule has 0 heterocycles. The summed E-state index contributed by atoms with van der Waals surface area (Å²) in [5.41, 5.74) is 4.76. The summed E-state index contributed by atoms with van der Waals surface area (Å²) in [6.07, 6.45) is 0.103. The molecule has 1 amide bonds. The molecule has 0 unspecified atom stereocenters. The predicted octanol–water partition coefficient (Wildman–Crippen LogP) is 1.53. The number of nitro groups is 1. The molecule has 0 bridgehead atoms. The summed E-state index contributed by atoms with van der Waals surface area (Å²) in [7, 11) is 0. The number of nitrogens with zero attached hydrogens (tertiary/aromatic N) is 2. The number of anilines is 1. The minimum absolute atomic E-state index is 0.0372. The number of hydrogen-bond acceptors (Lipinski definition) is 5. The van der Waals surface area contributed by atoms with Gasteiger partial charge in [0.1, 0.15) is 11.6 Å². The topological polar surface area (TPSA) is 122 Å². The molecule has 0 atom stereocenters. The monoisotopic (exact) mass is 262 g/mol. The number of nitriles is 1. The Kier molecular flexibility index (Phi) is 4.07. The highest BCUT2D eigenvalue weighted by molar-refractivity contribution is 5.75. The minimum atomic E-state index is -0.614. The zero-order valence-corrected chi connectivity index (χ0v) is 10.6. The van der Waals surface area contributed by atoms with Gasteiger partial charge in [-0.2, -0.15) is 5.26 Å². The number of nitrogens with two attached hydrogens (primary N) is 1. The van der Waals surface area contributed by atoms with Crippen LogP contribution in [0.2, 0.25) is 0 Å². The van der Waals surface area contributed by atoms with Gasteiger partial charge in [0.2, 0.25) is 5.91 Å². The second-order valence-electron chi connectivity index (χ2n) is 4.75. The number of nitro benzene ring substituents is 1. The molecular weight excluding hydrogens is 248 g/mol. The predicted molar refractivity (Wildman–Crippen MR) is 69.3 cm³/mol. The fourth-order valence-electron chi connectivity index (χ4n) is 1.73. The number of benzene rings is 1. The lowest BCUT2D eigenvalue weighted by atomic mass is 9.99. The average molecular weight is 262 g/mol. The van der Waals surface area contributed by atoms with E-state index in [0.717, 1.165) is 0 Å². The fourth-order valence-corrected chi connectivity index (χ4v) is 1.73. The number of hydrogen-bond donors (Lipinski definition) is 2. The van der Waals surface area contributed by atoms with Crippen LogP contribution in [0.1, 0.15) is 25.8 Å². The van der Waals surface area contributed by atoms with Gasteiger partial charge in [-0.05, 0) is 26.0 Å². The van der Waals surface area contributed by atoms with Crippen molar-refractivity contribution in [2.75, 3.05) is 5.32 Å². The molecule has 0 radical (unpaired) electrons. The SMILES string of the molecule is CC(C)(CC(N)=O)Nc1ccc([N+](=O)[O-])c(C#N)c1.